The number of carbonyl (C=O) groups excluding carboxylic acids is 2. The van der Waals surface area contributed by atoms with Gasteiger partial charge in [0.25, 0.3) is 0 Å². The first-order chi connectivity index (χ1) is 12.7. The van der Waals surface area contributed by atoms with Crippen LogP contribution in [-0.4, -0.2) is 35.2 Å². The van der Waals surface area contributed by atoms with E-state index < -0.39 is 30.1 Å². The van der Waals surface area contributed by atoms with Gasteiger partial charge in [0, 0.05) is 6.42 Å². The molecule has 0 aliphatic carbocycles. The van der Waals surface area contributed by atoms with Crippen molar-refractivity contribution in [2.24, 2.45) is 5.92 Å². The monoisotopic (exact) mass is 440 g/mol. The summed E-state index contributed by atoms with van der Waals surface area (Å²) in [7, 11) is 0. The highest BCUT2D eigenvalue weighted by Crippen LogP contribution is 2.12. The summed E-state index contributed by atoms with van der Waals surface area (Å²) in [5, 5.41) is 14.2. The predicted molar refractivity (Wildman–Crippen MR) is 105 cm³/mol. The first kappa shape index (κ1) is 22.7. The van der Waals surface area contributed by atoms with Gasteiger partial charge in [-0.25, -0.2) is 9.59 Å². The minimum absolute atomic E-state index is 0.0356. The van der Waals surface area contributed by atoms with Crippen LogP contribution in [0.15, 0.2) is 41.4 Å². The van der Waals surface area contributed by atoms with Crippen molar-refractivity contribution in [1.29, 1.82) is 0 Å². The Bertz CT molecular complexity index is 663. The highest BCUT2D eigenvalue weighted by molar-refractivity contribution is 9.11. The van der Waals surface area contributed by atoms with E-state index in [1.807, 2.05) is 44.2 Å². The number of halogens is 1. The summed E-state index contributed by atoms with van der Waals surface area (Å²) in [4.78, 5) is 35.9. The summed E-state index contributed by atoms with van der Waals surface area (Å²) in [6.45, 7) is 7.46. The number of rotatable bonds is 10. The standard InChI is InChI=1S/C19H25BrN2O5/c1-12(2)9-15(17(23)21-16(18(24)25)10-13(3)20)22-19(26)27-11-14-7-5-4-6-8-14/h4-8,12,15-16H,3,9-11H2,1-2H3,(H,21,23)(H,22,26)(H,24,25)/t15-,16+/m0/s1. The van der Waals surface area contributed by atoms with Crippen LogP contribution in [-0.2, 0) is 20.9 Å². The van der Waals surface area contributed by atoms with Crippen molar-refractivity contribution < 1.29 is 24.2 Å². The maximum Gasteiger partial charge on any atom is 0.408 e. The van der Waals surface area contributed by atoms with Crippen LogP contribution in [0.1, 0.15) is 32.3 Å². The third kappa shape index (κ3) is 9.23. The van der Waals surface area contributed by atoms with Crippen molar-refractivity contribution in [2.45, 2.75) is 45.4 Å². The Morgan fingerprint density at radius 3 is 2.30 bits per heavy atom. The summed E-state index contributed by atoms with van der Waals surface area (Å²) in [6.07, 6.45) is -0.363. The molecule has 0 heterocycles. The van der Waals surface area contributed by atoms with Gasteiger partial charge in [-0.05, 0) is 22.4 Å². The average Bonchev–Trinajstić information content (AvgIpc) is 2.58. The summed E-state index contributed by atoms with van der Waals surface area (Å²) in [6, 6.07) is 7.10. The van der Waals surface area contributed by atoms with Gasteiger partial charge in [-0.1, -0.05) is 66.7 Å². The highest BCUT2D eigenvalue weighted by atomic mass is 79.9. The summed E-state index contributed by atoms with van der Waals surface area (Å²) < 4.78 is 5.59. The van der Waals surface area contributed by atoms with Gasteiger partial charge in [-0.15, -0.1) is 0 Å². The fourth-order valence-corrected chi connectivity index (χ4v) is 2.63. The lowest BCUT2D eigenvalue weighted by atomic mass is 10.0. The molecule has 0 aliphatic heterocycles. The molecule has 27 heavy (non-hydrogen) atoms. The van der Waals surface area contributed by atoms with Gasteiger partial charge < -0.3 is 20.5 Å². The fraction of sp³-hybridized carbons (Fsp3) is 0.421. The highest BCUT2D eigenvalue weighted by Gasteiger charge is 2.27. The van der Waals surface area contributed by atoms with E-state index in [2.05, 4.69) is 33.1 Å². The zero-order chi connectivity index (χ0) is 20.4. The van der Waals surface area contributed by atoms with Crippen LogP contribution < -0.4 is 10.6 Å². The molecular weight excluding hydrogens is 416 g/mol. The van der Waals surface area contributed by atoms with E-state index in [0.29, 0.717) is 10.9 Å². The number of hydrogen-bond acceptors (Lipinski definition) is 4. The molecule has 3 N–H and O–H groups in total. The van der Waals surface area contributed by atoms with Crippen molar-refractivity contribution in [2.75, 3.05) is 0 Å². The van der Waals surface area contributed by atoms with E-state index in [1.54, 1.807) is 0 Å². The van der Waals surface area contributed by atoms with Gasteiger partial charge in [-0.3, -0.25) is 4.79 Å². The molecule has 0 radical (unpaired) electrons. The second kappa shape index (κ2) is 11.4. The van der Waals surface area contributed by atoms with Crippen LogP contribution in [0.25, 0.3) is 0 Å². The number of amides is 2. The van der Waals surface area contributed by atoms with Crippen LogP contribution >= 0.6 is 15.9 Å². The molecule has 0 spiro atoms. The predicted octanol–water partition coefficient (Wildman–Crippen LogP) is 3.20. The molecule has 1 aromatic carbocycles. The molecular formula is C19H25BrN2O5. The van der Waals surface area contributed by atoms with Crippen molar-refractivity contribution >= 4 is 33.9 Å². The smallest absolute Gasteiger partial charge is 0.408 e. The Kier molecular flexibility index (Phi) is 9.56. The molecule has 0 aliphatic rings. The number of hydrogen-bond donors (Lipinski definition) is 3. The number of carboxylic acids is 1. The molecule has 148 valence electrons. The zero-order valence-corrected chi connectivity index (χ0v) is 17.0. The average molecular weight is 441 g/mol. The Labute approximate surface area is 167 Å². The fourth-order valence-electron chi connectivity index (χ4n) is 2.30. The third-order valence-electron chi connectivity index (χ3n) is 3.57. The van der Waals surface area contributed by atoms with Crippen LogP contribution in [0, 0.1) is 5.92 Å². The molecule has 1 rings (SSSR count). The lowest BCUT2D eigenvalue weighted by Crippen LogP contribution is -2.52. The second-order valence-corrected chi connectivity index (χ2v) is 7.63. The molecule has 0 fully saturated rings. The van der Waals surface area contributed by atoms with Gasteiger partial charge in [0.15, 0.2) is 0 Å². The number of carboxylic acid groups (broad SMARTS) is 1. The Morgan fingerprint density at radius 2 is 1.78 bits per heavy atom. The SMILES string of the molecule is C=C(Br)C[C@@H](NC(=O)[C@H](CC(C)C)NC(=O)OCc1ccccc1)C(=O)O. The number of carbonyl (C=O) groups is 3. The molecule has 0 saturated heterocycles. The second-order valence-electron chi connectivity index (χ2n) is 6.51. The minimum atomic E-state index is -1.18. The maximum atomic E-state index is 12.5. The first-order valence-corrected chi connectivity index (χ1v) is 9.32. The lowest BCUT2D eigenvalue weighted by Gasteiger charge is -2.22. The van der Waals surface area contributed by atoms with Gasteiger partial charge in [0.1, 0.15) is 18.7 Å². The number of aliphatic carboxylic acids is 1. The number of ether oxygens (including phenoxy) is 1. The number of nitrogens with one attached hydrogen (secondary N) is 2. The summed E-state index contributed by atoms with van der Waals surface area (Å²) in [5.41, 5.74) is 0.819. The zero-order valence-electron chi connectivity index (χ0n) is 15.4. The van der Waals surface area contributed by atoms with Crippen LogP contribution in [0.3, 0.4) is 0 Å². The molecule has 0 saturated carbocycles. The topological polar surface area (TPSA) is 105 Å². The van der Waals surface area contributed by atoms with Gasteiger partial charge >= 0.3 is 12.1 Å². The normalized spacial score (nSPS) is 12.7. The van der Waals surface area contributed by atoms with Crippen LogP contribution in [0.5, 0.6) is 0 Å². The number of benzene rings is 1. The van der Waals surface area contributed by atoms with Crippen molar-refractivity contribution in [3.63, 3.8) is 0 Å². The molecule has 2 amide bonds. The molecule has 7 nitrogen and oxygen atoms in total. The van der Waals surface area contributed by atoms with Crippen molar-refractivity contribution in [3.05, 3.63) is 47.0 Å². The van der Waals surface area contributed by atoms with E-state index in [1.165, 1.54) is 0 Å². The van der Waals surface area contributed by atoms with E-state index >= 15 is 0 Å². The first-order valence-electron chi connectivity index (χ1n) is 8.52. The van der Waals surface area contributed by atoms with Crippen LogP contribution in [0.4, 0.5) is 4.79 Å². The minimum Gasteiger partial charge on any atom is -0.480 e. The van der Waals surface area contributed by atoms with E-state index in [0.717, 1.165) is 5.56 Å². The summed E-state index contributed by atoms with van der Waals surface area (Å²) >= 11 is 3.09. The molecule has 2 atom stereocenters. The Hall–Kier alpha value is -2.35. The maximum absolute atomic E-state index is 12.5. The van der Waals surface area contributed by atoms with Crippen molar-refractivity contribution in [1.82, 2.24) is 10.6 Å². The molecule has 8 heteroatoms. The number of alkyl carbamates (subject to hydrolysis) is 1. The van der Waals surface area contributed by atoms with E-state index in [4.69, 9.17) is 4.74 Å². The molecule has 0 bridgehead atoms. The molecule has 0 aromatic heterocycles. The quantitative estimate of drug-likeness (QED) is 0.517. The lowest BCUT2D eigenvalue weighted by molar-refractivity contribution is -0.142. The molecule has 1 aromatic rings. The van der Waals surface area contributed by atoms with E-state index in [9.17, 15) is 19.5 Å². The Balaban J connectivity index is 2.69. The largest absolute Gasteiger partial charge is 0.480 e. The van der Waals surface area contributed by atoms with Gasteiger partial charge in [-0.2, -0.15) is 0 Å². The van der Waals surface area contributed by atoms with E-state index in [-0.39, 0.29) is 18.9 Å². The van der Waals surface area contributed by atoms with Gasteiger partial charge in [0.05, 0.1) is 0 Å². The van der Waals surface area contributed by atoms with Crippen LogP contribution in [0.2, 0.25) is 0 Å². The summed E-state index contributed by atoms with van der Waals surface area (Å²) in [5.74, 6) is -1.66. The van der Waals surface area contributed by atoms with Crippen molar-refractivity contribution in [3.8, 4) is 0 Å². The Morgan fingerprint density at radius 1 is 1.15 bits per heavy atom. The van der Waals surface area contributed by atoms with Gasteiger partial charge in [0.2, 0.25) is 5.91 Å². The molecule has 0 unspecified atom stereocenters. The third-order valence-corrected chi connectivity index (χ3v) is 3.89.